The lowest BCUT2D eigenvalue weighted by molar-refractivity contribution is -0.138. The van der Waals surface area contributed by atoms with Crippen molar-refractivity contribution in [2.45, 2.75) is 6.04 Å². The second kappa shape index (κ2) is 4.02. The minimum Gasteiger partial charge on any atom is -0.480 e. The summed E-state index contributed by atoms with van der Waals surface area (Å²) in [4.78, 5) is 10.4. The Morgan fingerprint density at radius 3 is 2.27 bits per heavy atom. The molecule has 4 nitrogen and oxygen atoms in total. The molecule has 15 heavy (non-hydrogen) atoms. The molecule has 0 spiro atoms. The van der Waals surface area contributed by atoms with Gasteiger partial charge in [-0.1, -0.05) is 0 Å². The molecule has 0 amide bonds. The van der Waals surface area contributed by atoms with Crippen LogP contribution in [0.15, 0.2) is 12.1 Å². The molecule has 0 aliphatic heterocycles. The molecule has 78 valence electrons. The Morgan fingerprint density at radius 1 is 1.47 bits per heavy atom. The highest BCUT2D eigenvalue weighted by molar-refractivity contribution is 5.75. The second-order valence-corrected chi connectivity index (χ2v) is 2.79. The molecule has 1 atom stereocenters. The van der Waals surface area contributed by atoms with Gasteiger partial charge < -0.3 is 10.8 Å². The predicted molar refractivity (Wildman–Crippen MR) is 45.6 cm³/mol. The Labute approximate surface area is 83.5 Å². The zero-order chi connectivity index (χ0) is 11.6. The molecule has 0 bridgehead atoms. The van der Waals surface area contributed by atoms with Gasteiger partial charge in [-0.05, 0) is 17.7 Å². The summed E-state index contributed by atoms with van der Waals surface area (Å²) in [6.45, 7) is 0. The Balaban J connectivity index is 3.27. The summed E-state index contributed by atoms with van der Waals surface area (Å²) in [5, 5.41) is 16.9. The Hall–Kier alpha value is -2.00. The van der Waals surface area contributed by atoms with Gasteiger partial charge in [-0.25, -0.2) is 8.78 Å². The van der Waals surface area contributed by atoms with Crippen LogP contribution in [0.4, 0.5) is 8.78 Å². The fraction of sp³-hybridized carbons (Fsp3) is 0.111. The Morgan fingerprint density at radius 2 is 1.93 bits per heavy atom. The molecule has 1 rings (SSSR count). The van der Waals surface area contributed by atoms with Crippen LogP contribution in [-0.4, -0.2) is 11.1 Å². The first-order valence-electron chi connectivity index (χ1n) is 3.84. The van der Waals surface area contributed by atoms with Crippen molar-refractivity contribution in [3.05, 3.63) is 34.9 Å². The Kier molecular flexibility index (Phi) is 2.97. The molecular weight excluding hydrogens is 206 g/mol. The first kappa shape index (κ1) is 11.1. The van der Waals surface area contributed by atoms with Crippen molar-refractivity contribution in [1.29, 1.82) is 5.26 Å². The topological polar surface area (TPSA) is 87.1 Å². The maximum absolute atomic E-state index is 13.0. The number of nitrogens with two attached hydrogens (primary N) is 1. The molecule has 0 radical (unpaired) electrons. The zero-order valence-corrected chi connectivity index (χ0v) is 7.37. The molecule has 0 fully saturated rings. The van der Waals surface area contributed by atoms with Crippen molar-refractivity contribution in [1.82, 2.24) is 0 Å². The van der Waals surface area contributed by atoms with Crippen molar-refractivity contribution in [2.75, 3.05) is 0 Å². The van der Waals surface area contributed by atoms with Crippen molar-refractivity contribution in [3.63, 3.8) is 0 Å². The Bertz CT molecular complexity index is 431. The number of carboxylic acid groups (broad SMARTS) is 1. The van der Waals surface area contributed by atoms with E-state index in [0.717, 1.165) is 12.1 Å². The largest absolute Gasteiger partial charge is 0.480 e. The summed E-state index contributed by atoms with van der Waals surface area (Å²) in [6.07, 6.45) is 0. The van der Waals surface area contributed by atoms with Gasteiger partial charge in [-0.2, -0.15) is 5.26 Å². The van der Waals surface area contributed by atoms with E-state index in [1.807, 2.05) is 0 Å². The van der Waals surface area contributed by atoms with Crippen molar-refractivity contribution in [3.8, 4) is 6.07 Å². The van der Waals surface area contributed by atoms with E-state index in [2.05, 4.69) is 0 Å². The third kappa shape index (κ3) is 2.08. The first-order chi connectivity index (χ1) is 6.97. The number of hydrogen-bond acceptors (Lipinski definition) is 3. The summed E-state index contributed by atoms with van der Waals surface area (Å²) < 4.78 is 26.0. The van der Waals surface area contributed by atoms with Crippen LogP contribution in [0.1, 0.15) is 17.2 Å². The minimum absolute atomic E-state index is 0.225. The molecule has 3 N–H and O–H groups in total. The van der Waals surface area contributed by atoms with Gasteiger partial charge in [0, 0.05) is 0 Å². The maximum Gasteiger partial charge on any atom is 0.325 e. The number of rotatable bonds is 2. The van der Waals surface area contributed by atoms with Crippen LogP contribution in [0.5, 0.6) is 0 Å². The average molecular weight is 212 g/mol. The fourth-order valence-electron chi connectivity index (χ4n) is 1.02. The lowest BCUT2D eigenvalue weighted by Crippen LogP contribution is -2.21. The summed E-state index contributed by atoms with van der Waals surface area (Å²) in [6, 6.07) is 1.28. The van der Waals surface area contributed by atoms with E-state index in [1.54, 1.807) is 0 Å². The average Bonchev–Trinajstić information content (AvgIpc) is 2.15. The third-order valence-corrected chi connectivity index (χ3v) is 1.80. The number of nitriles is 1. The monoisotopic (exact) mass is 212 g/mol. The van der Waals surface area contributed by atoms with E-state index in [9.17, 15) is 13.6 Å². The van der Waals surface area contributed by atoms with E-state index in [0.29, 0.717) is 0 Å². The summed E-state index contributed by atoms with van der Waals surface area (Å²) in [5.41, 5.74) is 4.17. The molecule has 6 heteroatoms. The fourth-order valence-corrected chi connectivity index (χ4v) is 1.02. The quantitative estimate of drug-likeness (QED) is 0.763. The number of halogens is 2. The van der Waals surface area contributed by atoms with Crippen LogP contribution in [0.3, 0.4) is 0 Å². The normalized spacial score (nSPS) is 11.9. The van der Waals surface area contributed by atoms with Crippen LogP contribution in [0, 0.1) is 23.0 Å². The number of nitrogens with zero attached hydrogens (tertiary/aromatic N) is 1. The van der Waals surface area contributed by atoms with Crippen molar-refractivity contribution >= 4 is 5.97 Å². The molecular formula is C9H6F2N2O2. The molecule has 1 aromatic rings. The highest BCUT2D eigenvalue weighted by Crippen LogP contribution is 2.18. The maximum atomic E-state index is 13.0. The number of aliphatic carboxylic acids is 1. The number of carbonyl (C=O) groups is 1. The first-order valence-corrected chi connectivity index (χ1v) is 3.84. The van der Waals surface area contributed by atoms with Crippen LogP contribution in [0.2, 0.25) is 0 Å². The van der Waals surface area contributed by atoms with E-state index >= 15 is 0 Å². The van der Waals surface area contributed by atoms with Gasteiger partial charge in [0.05, 0.1) is 0 Å². The van der Waals surface area contributed by atoms with Gasteiger partial charge in [-0.15, -0.1) is 0 Å². The highest BCUT2D eigenvalue weighted by atomic mass is 19.1. The van der Waals surface area contributed by atoms with Gasteiger partial charge in [0.25, 0.3) is 0 Å². The molecule has 0 saturated heterocycles. The second-order valence-electron chi connectivity index (χ2n) is 2.79. The van der Waals surface area contributed by atoms with Gasteiger partial charge in [-0.3, -0.25) is 4.79 Å². The number of benzene rings is 1. The lowest BCUT2D eigenvalue weighted by Gasteiger charge is -2.07. The van der Waals surface area contributed by atoms with E-state index in [1.165, 1.54) is 6.07 Å². The van der Waals surface area contributed by atoms with Gasteiger partial charge >= 0.3 is 5.97 Å². The molecule has 0 saturated carbocycles. The summed E-state index contributed by atoms with van der Waals surface area (Å²) >= 11 is 0. The number of hydrogen-bond donors (Lipinski definition) is 2. The van der Waals surface area contributed by atoms with Gasteiger partial charge in [0.1, 0.15) is 29.3 Å². The molecule has 0 heterocycles. The molecule has 0 aliphatic rings. The molecule has 0 unspecified atom stereocenters. The molecule has 1 aromatic carbocycles. The summed E-state index contributed by atoms with van der Waals surface area (Å²) in [5.74, 6) is -3.65. The van der Waals surface area contributed by atoms with Crippen LogP contribution < -0.4 is 5.73 Å². The van der Waals surface area contributed by atoms with E-state index in [4.69, 9.17) is 16.1 Å². The lowest BCUT2D eigenvalue weighted by atomic mass is 10.0. The highest BCUT2D eigenvalue weighted by Gasteiger charge is 2.19. The summed E-state index contributed by atoms with van der Waals surface area (Å²) in [7, 11) is 0. The number of carboxylic acids is 1. The van der Waals surface area contributed by atoms with E-state index < -0.39 is 29.2 Å². The van der Waals surface area contributed by atoms with Crippen LogP contribution >= 0.6 is 0 Å². The van der Waals surface area contributed by atoms with Gasteiger partial charge in [0.2, 0.25) is 0 Å². The SMILES string of the molecule is N#Cc1c(F)cc([C@@H](N)C(=O)O)cc1F. The van der Waals surface area contributed by atoms with Crippen LogP contribution in [-0.2, 0) is 4.79 Å². The molecule has 0 aromatic heterocycles. The predicted octanol–water partition coefficient (Wildman–Crippen LogP) is 0.921. The molecule has 0 aliphatic carbocycles. The van der Waals surface area contributed by atoms with E-state index in [-0.39, 0.29) is 5.56 Å². The standard InChI is InChI=1S/C9H6F2N2O2/c10-6-1-4(8(13)9(14)15)2-7(11)5(6)3-12/h1-2,8H,13H2,(H,14,15)/t8-/m1/s1. The smallest absolute Gasteiger partial charge is 0.325 e. The van der Waals surface area contributed by atoms with Gasteiger partial charge in [0.15, 0.2) is 0 Å². The third-order valence-electron chi connectivity index (χ3n) is 1.80. The minimum atomic E-state index is -1.51. The van der Waals surface area contributed by atoms with Crippen molar-refractivity contribution < 1.29 is 18.7 Å². The van der Waals surface area contributed by atoms with Crippen molar-refractivity contribution in [2.24, 2.45) is 5.73 Å². The zero-order valence-electron chi connectivity index (χ0n) is 7.37. The van der Waals surface area contributed by atoms with Crippen LogP contribution in [0.25, 0.3) is 0 Å².